The van der Waals surface area contributed by atoms with E-state index < -0.39 is 51.9 Å². The first kappa shape index (κ1) is 30.7. The van der Waals surface area contributed by atoms with Gasteiger partial charge in [0.05, 0.1) is 11.9 Å². The Balaban J connectivity index is 2.08. The van der Waals surface area contributed by atoms with Crippen molar-refractivity contribution in [2.45, 2.75) is 45.3 Å². The zero-order valence-electron chi connectivity index (χ0n) is 22.5. The van der Waals surface area contributed by atoms with Crippen molar-refractivity contribution in [2.24, 2.45) is 0 Å². The van der Waals surface area contributed by atoms with Crippen molar-refractivity contribution in [3.63, 3.8) is 0 Å². The summed E-state index contributed by atoms with van der Waals surface area (Å²) >= 11 is 0. The molecule has 7 nitrogen and oxygen atoms in total. The Kier molecular flexibility index (Phi) is 10.3. The largest absolute Gasteiger partial charge is 0.352 e. The van der Waals surface area contributed by atoms with Crippen LogP contribution in [0.25, 0.3) is 0 Å². The Hall–Kier alpha value is -3.86. The molecule has 3 aromatic rings. The number of nitrogens with zero attached hydrogens (tertiary/aromatic N) is 2. The molecule has 0 unspecified atom stereocenters. The fourth-order valence-corrected chi connectivity index (χ4v) is 4.90. The fraction of sp³-hybridized carbons (Fsp3) is 0.310. The van der Waals surface area contributed by atoms with E-state index in [0.717, 1.165) is 28.9 Å². The Morgan fingerprint density at radius 2 is 1.55 bits per heavy atom. The van der Waals surface area contributed by atoms with Gasteiger partial charge in [-0.1, -0.05) is 55.5 Å². The highest BCUT2D eigenvalue weighted by molar-refractivity contribution is 7.92. The van der Waals surface area contributed by atoms with E-state index in [1.165, 1.54) is 18.2 Å². The normalized spacial score (nSPS) is 12.8. The number of carbonyl (C=O) groups is 2. The van der Waals surface area contributed by atoms with Crippen molar-refractivity contribution in [1.29, 1.82) is 0 Å². The second kappa shape index (κ2) is 13.5. The SMILES string of the molecule is CC[C@@H](C)NC(=O)[C@H](Cc1ccccc1)N(Cc1ccccc1F)C(=O)CN(c1ccc(F)c(F)c1)S(C)(=O)=O. The summed E-state index contributed by atoms with van der Waals surface area (Å²) in [6.45, 7) is 2.51. The van der Waals surface area contributed by atoms with Gasteiger partial charge >= 0.3 is 0 Å². The van der Waals surface area contributed by atoms with Crippen molar-refractivity contribution in [3.05, 3.63) is 101 Å². The van der Waals surface area contributed by atoms with Gasteiger partial charge in [0.15, 0.2) is 11.6 Å². The molecule has 0 fully saturated rings. The van der Waals surface area contributed by atoms with Crippen molar-refractivity contribution in [3.8, 4) is 0 Å². The lowest BCUT2D eigenvalue weighted by molar-refractivity contribution is -0.140. The lowest BCUT2D eigenvalue weighted by Gasteiger charge is -2.34. The summed E-state index contributed by atoms with van der Waals surface area (Å²) in [7, 11) is -4.16. The topological polar surface area (TPSA) is 86.8 Å². The molecule has 0 aromatic heterocycles. The average Bonchev–Trinajstić information content (AvgIpc) is 2.91. The maximum Gasteiger partial charge on any atom is 0.244 e. The minimum Gasteiger partial charge on any atom is -0.352 e. The summed E-state index contributed by atoms with van der Waals surface area (Å²) in [4.78, 5) is 28.6. The molecule has 3 rings (SSSR count). The van der Waals surface area contributed by atoms with E-state index in [4.69, 9.17) is 0 Å². The molecule has 0 radical (unpaired) electrons. The van der Waals surface area contributed by atoms with E-state index >= 15 is 0 Å². The van der Waals surface area contributed by atoms with E-state index in [9.17, 15) is 31.2 Å². The van der Waals surface area contributed by atoms with Gasteiger partial charge in [0.2, 0.25) is 21.8 Å². The summed E-state index contributed by atoms with van der Waals surface area (Å²) < 4.78 is 68.3. The van der Waals surface area contributed by atoms with Gasteiger partial charge in [-0.05, 0) is 37.1 Å². The summed E-state index contributed by atoms with van der Waals surface area (Å²) in [5.74, 6) is -4.42. The highest BCUT2D eigenvalue weighted by Crippen LogP contribution is 2.23. The van der Waals surface area contributed by atoms with Gasteiger partial charge in [0, 0.05) is 30.6 Å². The summed E-state index contributed by atoms with van der Waals surface area (Å²) in [6.07, 6.45) is 1.50. The number of amides is 2. The van der Waals surface area contributed by atoms with Gasteiger partial charge in [-0.25, -0.2) is 21.6 Å². The summed E-state index contributed by atoms with van der Waals surface area (Å²) in [6, 6.07) is 15.7. The van der Waals surface area contributed by atoms with Crippen molar-refractivity contribution in [1.82, 2.24) is 10.2 Å². The Morgan fingerprint density at radius 1 is 0.900 bits per heavy atom. The number of carbonyl (C=O) groups excluding carboxylic acids is 2. The van der Waals surface area contributed by atoms with E-state index in [-0.39, 0.29) is 30.3 Å². The number of hydrogen-bond acceptors (Lipinski definition) is 4. The minimum absolute atomic E-state index is 0.0628. The predicted molar refractivity (Wildman–Crippen MR) is 147 cm³/mol. The molecule has 11 heteroatoms. The van der Waals surface area contributed by atoms with E-state index in [1.54, 1.807) is 43.3 Å². The maximum absolute atomic E-state index is 14.7. The molecule has 0 aliphatic carbocycles. The summed E-state index contributed by atoms with van der Waals surface area (Å²) in [5, 5.41) is 2.86. The molecule has 1 N–H and O–H groups in total. The van der Waals surface area contributed by atoms with Crippen molar-refractivity contribution < 1.29 is 31.2 Å². The quantitative estimate of drug-likeness (QED) is 0.346. The lowest BCUT2D eigenvalue weighted by Crippen LogP contribution is -2.54. The Labute approximate surface area is 232 Å². The van der Waals surface area contributed by atoms with Crippen LogP contribution in [0.5, 0.6) is 0 Å². The van der Waals surface area contributed by atoms with E-state index in [0.29, 0.717) is 16.8 Å². The number of sulfonamides is 1. The van der Waals surface area contributed by atoms with Crippen molar-refractivity contribution >= 4 is 27.5 Å². The smallest absolute Gasteiger partial charge is 0.244 e. The zero-order chi connectivity index (χ0) is 29.4. The van der Waals surface area contributed by atoms with Crippen LogP contribution < -0.4 is 9.62 Å². The number of nitrogens with one attached hydrogen (secondary N) is 1. The molecule has 0 saturated heterocycles. The number of anilines is 1. The zero-order valence-corrected chi connectivity index (χ0v) is 23.3. The fourth-order valence-electron chi connectivity index (χ4n) is 4.06. The molecule has 0 aliphatic rings. The second-order valence-corrected chi connectivity index (χ2v) is 11.4. The Morgan fingerprint density at radius 3 is 2.15 bits per heavy atom. The predicted octanol–water partition coefficient (Wildman–Crippen LogP) is 4.42. The molecule has 2 amide bonds. The third kappa shape index (κ3) is 8.08. The number of halogens is 3. The number of benzene rings is 3. The molecule has 0 bridgehead atoms. The Bertz CT molecular complexity index is 1440. The van der Waals surface area contributed by atoms with Gasteiger partial charge in [-0.15, -0.1) is 0 Å². The molecule has 0 aliphatic heterocycles. The van der Waals surface area contributed by atoms with Crippen LogP contribution in [0.15, 0.2) is 72.8 Å². The molecule has 0 saturated carbocycles. The molecule has 3 aromatic carbocycles. The lowest BCUT2D eigenvalue weighted by atomic mass is 10.0. The van der Waals surface area contributed by atoms with E-state index in [1.807, 2.05) is 6.92 Å². The average molecular weight is 576 g/mol. The van der Waals surface area contributed by atoms with Gasteiger partial charge in [-0.2, -0.15) is 0 Å². The van der Waals surface area contributed by atoms with Gasteiger partial charge in [0.1, 0.15) is 18.4 Å². The molecule has 0 spiro atoms. The first-order valence-corrected chi connectivity index (χ1v) is 14.6. The molecule has 214 valence electrons. The number of hydrogen-bond donors (Lipinski definition) is 1. The highest BCUT2D eigenvalue weighted by atomic mass is 32.2. The molecular weight excluding hydrogens is 543 g/mol. The second-order valence-electron chi connectivity index (χ2n) is 9.50. The molecular formula is C29H32F3N3O4S. The van der Waals surface area contributed by atoms with E-state index in [2.05, 4.69) is 5.32 Å². The first-order valence-electron chi connectivity index (χ1n) is 12.7. The third-order valence-electron chi connectivity index (χ3n) is 6.44. The summed E-state index contributed by atoms with van der Waals surface area (Å²) in [5.41, 5.74) is 0.562. The van der Waals surface area contributed by atoms with Gasteiger partial charge in [-0.3, -0.25) is 13.9 Å². The van der Waals surface area contributed by atoms with Crippen molar-refractivity contribution in [2.75, 3.05) is 17.1 Å². The molecule has 0 heterocycles. The van der Waals surface area contributed by atoms with Gasteiger partial charge in [0.25, 0.3) is 0 Å². The standard InChI is InChI=1S/C29H32F3N3O4S/c1-4-20(2)33-29(37)27(16-21-10-6-5-7-11-21)34(18-22-12-8-9-13-24(22)30)28(36)19-35(40(3,38)39)23-14-15-25(31)26(32)17-23/h5-15,17,20,27H,4,16,18-19H2,1-3H3,(H,33,37)/t20-,27+/m1/s1. The van der Waals surface area contributed by atoms with Crippen LogP contribution in [0.3, 0.4) is 0 Å². The van der Waals surface area contributed by atoms with Gasteiger partial charge < -0.3 is 10.2 Å². The van der Waals surface area contributed by atoms with Crippen LogP contribution in [0.2, 0.25) is 0 Å². The van der Waals surface area contributed by atoms with Crippen LogP contribution in [-0.4, -0.2) is 50.0 Å². The van der Waals surface area contributed by atoms with Crippen LogP contribution in [0.1, 0.15) is 31.4 Å². The van der Waals surface area contributed by atoms with Crippen LogP contribution in [-0.2, 0) is 32.6 Å². The molecule has 2 atom stereocenters. The third-order valence-corrected chi connectivity index (χ3v) is 7.58. The highest BCUT2D eigenvalue weighted by Gasteiger charge is 2.34. The van der Waals surface area contributed by atoms with Crippen LogP contribution in [0.4, 0.5) is 18.9 Å². The monoisotopic (exact) mass is 575 g/mol. The minimum atomic E-state index is -4.16. The number of rotatable bonds is 12. The van der Waals surface area contributed by atoms with Crippen LogP contribution >= 0.6 is 0 Å². The molecule has 40 heavy (non-hydrogen) atoms. The first-order chi connectivity index (χ1) is 18.9. The van der Waals surface area contributed by atoms with Crippen LogP contribution in [0, 0.1) is 17.5 Å². The maximum atomic E-state index is 14.7.